The topological polar surface area (TPSA) is 79.2 Å². The van der Waals surface area contributed by atoms with Crippen LogP contribution in [0.5, 0.6) is 11.5 Å². The number of carboxylic acids is 1. The molecule has 0 aliphatic heterocycles. The monoisotopic (exact) mass is 325 g/mol. The van der Waals surface area contributed by atoms with Crippen LogP contribution in [0, 0.1) is 0 Å². The van der Waals surface area contributed by atoms with Gasteiger partial charge in [0.2, 0.25) is 0 Å². The number of ether oxygens (including phenoxy) is 2. The van der Waals surface area contributed by atoms with Crippen molar-refractivity contribution in [3.05, 3.63) is 23.8 Å². The molecule has 0 heterocycles. The van der Waals surface area contributed by atoms with Gasteiger partial charge in [-0.05, 0) is 45.0 Å². The summed E-state index contributed by atoms with van der Waals surface area (Å²) >= 11 is 0. The van der Waals surface area contributed by atoms with Gasteiger partial charge in [-0.15, -0.1) is 0 Å². The Hall–Kier alpha value is -1.79. The third kappa shape index (κ3) is 6.88. The fraction of sp³-hybridized carbons (Fsp3) is 0.588. The summed E-state index contributed by atoms with van der Waals surface area (Å²) in [4.78, 5) is 12.4. The predicted octanol–water partition coefficient (Wildman–Crippen LogP) is 2.31. The highest BCUT2D eigenvalue weighted by atomic mass is 16.5. The normalized spacial score (nSPS) is 12.2. The highest BCUT2D eigenvalue weighted by Gasteiger charge is 2.13. The number of carboxylic acid groups (broad SMARTS) is 1. The Bertz CT molecular complexity index is 492. The first-order valence-electron chi connectivity index (χ1n) is 7.95. The molecule has 0 aromatic heterocycles. The molecule has 0 spiro atoms. The van der Waals surface area contributed by atoms with E-state index in [9.17, 15) is 9.90 Å². The molecule has 1 atom stereocenters. The maximum absolute atomic E-state index is 10.5. The molecule has 0 aliphatic rings. The zero-order valence-electron chi connectivity index (χ0n) is 14.1. The Balaban J connectivity index is 2.62. The molecule has 1 aromatic rings. The van der Waals surface area contributed by atoms with E-state index in [-0.39, 0.29) is 6.42 Å². The fourth-order valence-electron chi connectivity index (χ4n) is 2.18. The van der Waals surface area contributed by atoms with Crippen molar-refractivity contribution < 1.29 is 24.5 Å². The van der Waals surface area contributed by atoms with Gasteiger partial charge in [-0.2, -0.15) is 0 Å². The number of carbonyl (C=O) groups is 1. The van der Waals surface area contributed by atoms with E-state index in [1.807, 2.05) is 31.9 Å². The van der Waals surface area contributed by atoms with E-state index in [4.69, 9.17) is 14.6 Å². The summed E-state index contributed by atoms with van der Waals surface area (Å²) in [6.45, 7) is 5.97. The van der Waals surface area contributed by atoms with Crippen LogP contribution < -0.4 is 9.47 Å². The van der Waals surface area contributed by atoms with E-state index in [0.717, 1.165) is 5.56 Å². The first-order chi connectivity index (χ1) is 11.0. The minimum atomic E-state index is -0.815. The summed E-state index contributed by atoms with van der Waals surface area (Å²) in [7, 11) is 1.85. The number of aliphatic hydroxyl groups excluding tert-OH is 1. The maximum atomic E-state index is 10.5. The minimum absolute atomic E-state index is 0.101. The van der Waals surface area contributed by atoms with Gasteiger partial charge in [-0.3, -0.25) is 4.79 Å². The molecule has 0 bridgehead atoms. The van der Waals surface area contributed by atoms with Crippen molar-refractivity contribution >= 4 is 5.97 Å². The Morgan fingerprint density at radius 1 is 1.17 bits per heavy atom. The van der Waals surface area contributed by atoms with E-state index < -0.39 is 12.1 Å². The van der Waals surface area contributed by atoms with Crippen molar-refractivity contribution in [3.63, 3.8) is 0 Å². The Morgan fingerprint density at radius 2 is 1.83 bits per heavy atom. The van der Waals surface area contributed by atoms with Gasteiger partial charge >= 0.3 is 5.97 Å². The third-order valence-electron chi connectivity index (χ3n) is 3.44. The van der Waals surface area contributed by atoms with Crippen LogP contribution in [0.3, 0.4) is 0 Å². The molecule has 6 nitrogen and oxygen atoms in total. The number of aliphatic carboxylic acids is 1. The summed E-state index contributed by atoms with van der Waals surface area (Å²) in [6.07, 6.45) is -0.00282. The van der Waals surface area contributed by atoms with Crippen LogP contribution in [0.4, 0.5) is 0 Å². The van der Waals surface area contributed by atoms with Crippen LogP contribution in [-0.4, -0.2) is 54.4 Å². The second-order valence-electron chi connectivity index (χ2n) is 5.32. The predicted molar refractivity (Wildman–Crippen MR) is 88.1 cm³/mol. The molecule has 6 heteroatoms. The summed E-state index contributed by atoms with van der Waals surface area (Å²) in [5.74, 6) is 0.485. The van der Waals surface area contributed by atoms with Crippen LogP contribution in [0.1, 0.15) is 38.4 Å². The third-order valence-corrected chi connectivity index (χ3v) is 3.44. The number of rotatable bonds is 11. The summed E-state index contributed by atoms with van der Waals surface area (Å²) in [6, 6.07) is 5.44. The van der Waals surface area contributed by atoms with Crippen LogP contribution in [0.25, 0.3) is 0 Å². The molecule has 0 amide bonds. The van der Waals surface area contributed by atoms with E-state index in [2.05, 4.69) is 0 Å². The number of aliphatic hydroxyl groups is 1. The molecule has 0 saturated heterocycles. The second kappa shape index (κ2) is 10.1. The Morgan fingerprint density at radius 3 is 2.43 bits per heavy atom. The molecule has 1 unspecified atom stereocenters. The molecular weight excluding hydrogens is 298 g/mol. The van der Waals surface area contributed by atoms with Crippen molar-refractivity contribution in [2.24, 2.45) is 0 Å². The quantitative estimate of drug-likeness (QED) is 0.650. The lowest BCUT2D eigenvalue weighted by Crippen LogP contribution is -2.24. The van der Waals surface area contributed by atoms with Gasteiger partial charge < -0.3 is 24.6 Å². The average molecular weight is 325 g/mol. The molecular formula is C17H27NO5. The lowest BCUT2D eigenvalue weighted by Gasteiger charge is -2.19. The van der Waals surface area contributed by atoms with Crippen molar-refractivity contribution in [2.75, 3.05) is 33.4 Å². The van der Waals surface area contributed by atoms with Gasteiger partial charge in [0.1, 0.15) is 0 Å². The standard InChI is InChI=1S/C17H27NO5/c1-4-22-15-7-6-13(12-16(15)23-5-2)14(19)8-10-18(3)11-9-17(20)21/h6-7,12,14,19H,4-5,8-11H2,1-3H3,(H,20,21). The second-order valence-corrected chi connectivity index (χ2v) is 5.32. The summed E-state index contributed by atoms with van der Waals surface area (Å²) in [5.41, 5.74) is 0.767. The van der Waals surface area contributed by atoms with Gasteiger partial charge in [-0.25, -0.2) is 0 Å². The van der Waals surface area contributed by atoms with Crippen molar-refractivity contribution in [1.29, 1.82) is 0 Å². The number of benzene rings is 1. The van der Waals surface area contributed by atoms with Crippen molar-refractivity contribution in [2.45, 2.75) is 32.8 Å². The molecule has 23 heavy (non-hydrogen) atoms. The van der Waals surface area contributed by atoms with Crippen LogP contribution in [0.15, 0.2) is 18.2 Å². The van der Waals surface area contributed by atoms with E-state index >= 15 is 0 Å². The van der Waals surface area contributed by atoms with E-state index in [1.54, 1.807) is 12.1 Å². The maximum Gasteiger partial charge on any atom is 0.304 e. The first kappa shape index (κ1) is 19.3. The molecule has 0 aliphatic carbocycles. The van der Waals surface area contributed by atoms with Gasteiger partial charge in [0.05, 0.1) is 25.7 Å². The zero-order chi connectivity index (χ0) is 17.2. The van der Waals surface area contributed by atoms with Gasteiger partial charge in [0.25, 0.3) is 0 Å². The highest BCUT2D eigenvalue weighted by Crippen LogP contribution is 2.31. The molecule has 0 saturated carbocycles. The number of hydrogen-bond donors (Lipinski definition) is 2. The smallest absolute Gasteiger partial charge is 0.304 e. The first-order valence-corrected chi connectivity index (χ1v) is 7.95. The average Bonchev–Trinajstić information content (AvgIpc) is 2.52. The molecule has 0 radical (unpaired) electrons. The van der Waals surface area contributed by atoms with Gasteiger partial charge in [0.15, 0.2) is 11.5 Å². The Labute approximate surface area is 137 Å². The largest absolute Gasteiger partial charge is 0.490 e. The SMILES string of the molecule is CCOc1ccc(C(O)CCN(C)CCC(=O)O)cc1OCC. The van der Waals surface area contributed by atoms with E-state index in [0.29, 0.717) is 44.2 Å². The molecule has 0 fully saturated rings. The summed E-state index contributed by atoms with van der Waals surface area (Å²) in [5, 5.41) is 19.0. The number of hydrogen-bond acceptors (Lipinski definition) is 5. The van der Waals surface area contributed by atoms with Gasteiger partial charge in [0, 0.05) is 13.1 Å². The lowest BCUT2D eigenvalue weighted by molar-refractivity contribution is -0.137. The number of nitrogens with zero attached hydrogens (tertiary/aromatic N) is 1. The molecule has 2 N–H and O–H groups in total. The molecule has 130 valence electrons. The highest BCUT2D eigenvalue weighted by molar-refractivity contribution is 5.66. The van der Waals surface area contributed by atoms with Gasteiger partial charge in [-0.1, -0.05) is 6.07 Å². The fourth-order valence-corrected chi connectivity index (χ4v) is 2.18. The Kier molecular flexibility index (Phi) is 8.43. The van der Waals surface area contributed by atoms with Crippen LogP contribution >= 0.6 is 0 Å². The van der Waals surface area contributed by atoms with Crippen LogP contribution in [-0.2, 0) is 4.79 Å². The van der Waals surface area contributed by atoms with Crippen molar-refractivity contribution in [1.82, 2.24) is 4.90 Å². The summed E-state index contributed by atoms with van der Waals surface area (Å²) < 4.78 is 11.1. The molecule has 1 rings (SSSR count). The van der Waals surface area contributed by atoms with Crippen molar-refractivity contribution in [3.8, 4) is 11.5 Å². The zero-order valence-corrected chi connectivity index (χ0v) is 14.1. The lowest BCUT2D eigenvalue weighted by atomic mass is 10.1. The minimum Gasteiger partial charge on any atom is -0.490 e. The molecule has 1 aromatic carbocycles. The van der Waals surface area contributed by atoms with E-state index in [1.165, 1.54) is 0 Å². The van der Waals surface area contributed by atoms with Crippen LogP contribution in [0.2, 0.25) is 0 Å².